The number of hydrogen-bond acceptors (Lipinski definition) is 3. The first-order chi connectivity index (χ1) is 12.4. The molecule has 3 atom stereocenters. The molecule has 1 aliphatic rings. The van der Waals surface area contributed by atoms with E-state index in [1.807, 2.05) is 6.21 Å². The van der Waals surface area contributed by atoms with Crippen molar-refractivity contribution in [3.05, 3.63) is 52.3 Å². The molecule has 0 saturated carbocycles. The summed E-state index contributed by atoms with van der Waals surface area (Å²) >= 11 is 0. The molecular formula is C20H21FN4O. The number of aromatic amines is 1. The summed E-state index contributed by atoms with van der Waals surface area (Å²) in [7, 11) is 0. The van der Waals surface area contributed by atoms with E-state index in [1.54, 1.807) is 6.07 Å². The summed E-state index contributed by atoms with van der Waals surface area (Å²) in [5.74, 6) is 0.775. The van der Waals surface area contributed by atoms with Gasteiger partial charge in [0, 0.05) is 23.0 Å². The maximum atomic E-state index is 13.5. The number of hydrogen-bond donors (Lipinski definition) is 1. The summed E-state index contributed by atoms with van der Waals surface area (Å²) in [5, 5.41) is 4.99. The number of nitrogens with one attached hydrogen (secondary N) is 1. The molecule has 3 aromatic rings. The zero-order chi connectivity index (χ0) is 18.4. The van der Waals surface area contributed by atoms with Crippen molar-refractivity contribution in [2.45, 2.75) is 27.2 Å². The highest BCUT2D eigenvalue weighted by Crippen LogP contribution is 2.32. The van der Waals surface area contributed by atoms with Gasteiger partial charge >= 0.3 is 0 Å². The van der Waals surface area contributed by atoms with Crippen molar-refractivity contribution in [1.82, 2.24) is 14.6 Å². The molecule has 1 N–H and O–H groups in total. The van der Waals surface area contributed by atoms with Gasteiger partial charge in [0.25, 0.3) is 5.56 Å². The highest BCUT2D eigenvalue weighted by atomic mass is 19.1. The molecule has 0 unspecified atom stereocenters. The standard InChI is InChI=1S/C20H21FN4O/c1-11-6-12(2)16(13(3)7-11)9-23-25-10-22-18-15-8-14(21)4-5-17(15)24-19(18)20(25)26/h4-6,8-10,12-13,16,24H,7H2,1-3H3/b23-9-/t12-,13+,16-/m0/s1. The van der Waals surface area contributed by atoms with Crippen LogP contribution in [-0.4, -0.2) is 20.9 Å². The van der Waals surface area contributed by atoms with Gasteiger partial charge in [0.1, 0.15) is 23.2 Å². The zero-order valence-electron chi connectivity index (χ0n) is 15.0. The van der Waals surface area contributed by atoms with Crippen LogP contribution in [-0.2, 0) is 0 Å². The molecule has 26 heavy (non-hydrogen) atoms. The molecule has 1 aromatic carbocycles. The summed E-state index contributed by atoms with van der Waals surface area (Å²) in [6.45, 7) is 6.54. The van der Waals surface area contributed by atoms with Crippen LogP contribution in [0.4, 0.5) is 4.39 Å². The molecule has 1 aliphatic carbocycles. The number of halogens is 1. The van der Waals surface area contributed by atoms with Crippen LogP contribution in [0, 0.1) is 23.6 Å². The molecular weight excluding hydrogens is 331 g/mol. The van der Waals surface area contributed by atoms with E-state index >= 15 is 0 Å². The minimum Gasteiger partial charge on any atom is -0.349 e. The largest absolute Gasteiger partial charge is 0.349 e. The van der Waals surface area contributed by atoms with E-state index in [9.17, 15) is 9.18 Å². The molecule has 0 radical (unpaired) electrons. The number of H-pyrrole nitrogens is 1. The highest BCUT2D eigenvalue weighted by Gasteiger charge is 2.25. The van der Waals surface area contributed by atoms with E-state index in [0.29, 0.717) is 33.8 Å². The first-order valence-corrected chi connectivity index (χ1v) is 8.84. The molecule has 4 rings (SSSR count). The Balaban J connectivity index is 1.75. The van der Waals surface area contributed by atoms with E-state index in [2.05, 4.69) is 41.9 Å². The van der Waals surface area contributed by atoms with Gasteiger partial charge in [-0.15, -0.1) is 0 Å². The fourth-order valence-corrected chi connectivity index (χ4v) is 4.02. The Morgan fingerprint density at radius 3 is 2.96 bits per heavy atom. The average molecular weight is 352 g/mol. The topological polar surface area (TPSA) is 63.0 Å². The maximum absolute atomic E-state index is 13.5. The van der Waals surface area contributed by atoms with Gasteiger partial charge in [-0.25, -0.2) is 9.37 Å². The number of nitrogens with zero attached hydrogens (tertiary/aromatic N) is 3. The van der Waals surface area contributed by atoms with Gasteiger partial charge in [-0.05, 0) is 43.4 Å². The van der Waals surface area contributed by atoms with Gasteiger partial charge in [-0.2, -0.15) is 9.78 Å². The minimum absolute atomic E-state index is 0.276. The van der Waals surface area contributed by atoms with Crippen molar-refractivity contribution in [2.24, 2.45) is 22.9 Å². The molecule has 0 aliphatic heterocycles. The Kier molecular flexibility index (Phi) is 3.98. The van der Waals surface area contributed by atoms with E-state index < -0.39 is 0 Å². The lowest BCUT2D eigenvalue weighted by molar-refractivity contribution is 0.361. The third-order valence-electron chi connectivity index (χ3n) is 5.27. The fraction of sp³-hybridized carbons (Fsp3) is 0.350. The second kappa shape index (κ2) is 6.20. The summed E-state index contributed by atoms with van der Waals surface area (Å²) in [4.78, 5) is 20.1. The quantitative estimate of drug-likeness (QED) is 0.558. The normalized spacial score (nSPS) is 23.8. The summed E-state index contributed by atoms with van der Waals surface area (Å²) < 4.78 is 14.7. The van der Waals surface area contributed by atoms with Crippen molar-refractivity contribution in [3.8, 4) is 0 Å². The van der Waals surface area contributed by atoms with Gasteiger partial charge < -0.3 is 4.98 Å². The van der Waals surface area contributed by atoms with Crippen molar-refractivity contribution in [2.75, 3.05) is 0 Å². The van der Waals surface area contributed by atoms with Crippen molar-refractivity contribution in [3.63, 3.8) is 0 Å². The van der Waals surface area contributed by atoms with Gasteiger partial charge in [0.15, 0.2) is 0 Å². The molecule has 0 amide bonds. The number of allylic oxidation sites excluding steroid dienone is 2. The lowest BCUT2D eigenvalue weighted by Gasteiger charge is -2.29. The minimum atomic E-state index is -0.356. The molecule has 0 fully saturated rings. The third kappa shape index (κ3) is 2.75. The monoisotopic (exact) mass is 352 g/mol. The third-order valence-corrected chi connectivity index (χ3v) is 5.27. The Morgan fingerprint density at radius 2 is 2.19 bits per heavy atom. The summed E-state index contributed by atoms with van der Waals surface area (Å²) in [6, 6.07) is 4.35. The van der Waals surface area contributed by atoms with Gasteiger partial charge in [0.2, 0.25) is 0 Å². The lowest BCUT2D eigenvalue weighted by atomic mass is 9.76. The first kappa shape index (κ1) is 16.7. The number of fused-ring (bicyclic) bond motifs is 3. The molecule has 2 aromatic heterocycles. The van der Waals surface area contributed by atoms with Crippen LogP contribution < -0.4 is 5.56 Å². The average Bonchev–Trinajstić information content (AvgIpc) is 2.94. The summed E-state index contributed by atoms with van der Waals surface area (Å²) in [5.41, 5.74) is 2.61. The lowest BCUT2D eigenvalue weighted by Crippen LogP contribution is -2.26. The Hall–Kier alpha value is -2.76. The van der Waals surface area contributed by atoms with Crippen molar-refractivity contribution >= 4 is 28.2 Å². The number of aromatic nitrogens is 3. The molecule has 0 saturated heterocycles. The molecule has 134 valence electrons. The van der Waals surface area contributed by atoms with Crippen LogP contribution in [0.5, 0.6) is 0 Å². The van der Waals surface area contributed by atoms with Crippen LogP contribution in [0.25, 0.3) is 21.9 Å². The molecule has 5 nitrogen and oxygen atoms in total. The molecule has 2 heterocycles. The van der Waals surface area contributed by atoms with E-state index in [-0.39, 0.29) is 17.3 Å². The maximum Gasteiger partial charge on any atom is 0.298 e. The van der Waals surface area contributed by atoms with Crippen LogP contribution in [0.1, 0.15) is 27.2 Å². The van der Waals surface area contributed by atoms with E-state index in [0.717, 1.165) is 6.42 Å². The second-order valence-electron chi connectivity index (χ2n) is 7.33. The van der Waals surface area contributed by atoms with Gasteiger partial charge in [0.05, 0.1) is 0 Å². The first-order valence-electron chi connectivity index (χ1n) is 8.84. The fourth-order valence-electron chi connectivity index (χ4n) is 4.02. The Morgan fingerprint density at radius 1 is 1.38 bits per heavy atom. The molecule has 6 heteroatoms. The Bertz CT molecular complexity index is 1110. The van der Waals surface area contributed by atoms with Crippen molar-refractivity contribution in [1.29, 1.82) is 0 Å². The van der Waals surface area contributed by atoms with Crippen LogP contribution >= 0.6 is 0 Å². The summed E-state index contributed by atoms with van der Waals surface area (Å²) in [6.07, 6.45) is 6.57. The predicted molar refractivity (Wildman–Crippen MR) is 102 cm³/mol. The van der Waals surface area contributed by atoms with Crippen molar-refractivity contribution < 1.29 is 4.39 Å². The predicted octanol–water partition coefficient (Wildman–Crippen LogP) is 4.09. The number of benzene rings is 1. The van der Waals surface area contributed by atoms with Gasteiger partial charge in [-0.1, -0.05) is 25.5 Å². The smallest absolute Gasteiger partial charge is 0.298 e. The van der Waals surface area contributed by atoms with E-state index in [4.69, 9.17) is 0 Å². The number of rotatable bonds is 2. The SMILES string of the molecule is CC1=C[C@H](C)[C@H](/C=N\n2cnc3c([nH]c4ccc(F)cc43)c2=O)[C@H](C)C1. The molecule has 0 spiro atoms. The van der Waals surface area contributed by atoms with Crippen LogP contribution in [0.3, 0.4) is 0 Å². The second-order valence-corrected chi connectivity index (χ2v) is 7.33. The van der Waals surface area contributed by atoms with Crippen LogP contribution in [0.2, 0.25) is 0 Å². The molecule has 0 bridgehead atoms. The highest BCUT2D eigenvalue weighted by molar-refractivity contribution is 6.04. The van der Waals surface area contributed by atoms with E-state index in [1.165, 1.54) is 28.7 Å². The van der Waals surface area contributed by atoms with Gasteiger partial charge in [-0.3, -0.25) is 4.79 Å². The Labute approximate surface area is 150 Å². The zero-order valence-corrected chi connectivity index (χ0v) is 15.0. The van der Waals surface area contributed by atoms with Crippen LogP contribution in [0.15, 0.2) is 46.1 Å².